The summed E-state index contributed by atoms with van der Waals surface area (Å²) < 4.78 is 12.3. The Kier molecular flexibility index (Phi) is 4.55. The smallest absolute Gasteiger partial charge is 0.266 e. The van der Waals surface area contributed by atoms with Crippen LogP contribution in [0, 0.1) is 0 Å². The van der Waals surface area contributed by atoms with Crippen molar-refractivity contribution >= 4 is 17.2 Å². The molecule has 5 rings (SSSR count). The zero-order chi connectivity index (χ0) is 19.8. The molecule has 1 aromatic carbocycles. The third kappa shape index (κ3) is 3.40. The van der Waals surface area contributed by atoms with E-state index in [0.29, 0.717) is 30.3 Å². The number of aromatic nitrogens is 2. The van der Waals surface area contributed by atoms with Crippen molar-refractivity contribution in [2.45, 2.75) is 25.4 Å². The molecule has 1 atom stereocenters. The number of ether oxygens (including phenoxy) is 2. The summed E-state index contributed by atoms with van der Waals surface area (Å²) in [5, 5.41) is 6.46. The molecule has 0 saturated carbocycles. The lowest BCUT2D eigenvalue weighted by atomic mass is 10.1. The number of carbonyl (C=O) groups is 1. The van der Waals surface area contributed by atoms with E-state index in [4.69, 9.17) is 9.47 Å². The van der Waals surface area contributed by atoms with Gasteiger partial charge < -0.3 is 14.4 Å². The predicted molar refractivity (Wildman–Crippen MR) is 108 cm³/mol. The van der Waals surface area contributed by atoms with E-state index in [-0.39, 0.29) is 24.3 Å². The monoisotopic (exact) mass is 409 g/mol. The highest BCUT2D eigenvalue weighted by Crippen LogP contribution is 2.35. The first-order chi connectivity index (χ1) is 14.2. The molecule has 3 aromatic rings. The molecule has 4 heterocycles. The van der Waals surface area contributed by atoms with Crippen LogP contribution in [0.5, 0.6) is 11.5 Å². The van der Waals surface area contributed by atoms with Gasteiger partial charge in [0.15, 0.2) is 11.5 Å². The summed E-state index contributed by atoms with van der Waals surface area (Å²) in [6, 6.07) is 12.5. The van der Waals surface area contributed by atoms with Crippen LogP contribution in [0.1, 0.15) is 22.5 Å². The summed E-state index contributed by atoms with van der Waals surface area (Å²) in [6.45, 7) is 1.30. The van der Waals surface area contributed by atoms with Crippen LogP contribution < -0.4 is 15.0 Å². The van der Waals surface area contributed by atoms with Crippen molar-refractivity contribution < 1.29 is 14.3 Å². The second-order valence-corrected chi connectivity index (χ2v) is 8.03. The van der Waals surface area contributed by atoms with Crippen molar-refractivity contribution in [2.24, 2.45) is 0 Å². The topological polar surface area (TPSA) is 73.7 Å². The number of hydrogen-bond donors (Lipinski definition) is 0. The van der Waals surface area contributed by atoms with Gasteiger partial charge in [0.1, 0.15) is 0 Å². The van der Waals surface area contributed by atoms with Crippen molar-refractivity contribution in [1.29, 1.82) is 0 Å². The predicted octanol–water partition coefficient (Wildman–Crippen LogP) is 3.01. The Balaban J connectivity index is 1.40. The van der Waals surface area contributed by atoms with E-state index >= 15 is 0 Å². The van der Waals surface area contributed by atoms with Crippen molar-refractivity contribution in [3.05, 3.63) is 63.1 Å². The van der Waals surface area contributed by atoms with Gasteiger partial charge >= 0.3 is 0 Å². The molecule has 0 aliphatic carbocycles. The average Bonchev–Trinajstić information content (AvgIpc) is 3.50. The van der Waals surface area contributed by atoms with Crippen LogP contribution in [0.2, 0.25) is 0 Å². The molecule has 2 aliphatic heterocycles. The van der Waals surface area contributed by atoms with Crippen molar-refractivity contribution in [3.63, 3.8) is 0 Å². The fraction of sp³-hybridized carbons (Fsp3) is 0.286. The number of likely N-dealkylation sites (tertiary alicyclic amines) is 1. The Bertz CT molecular complexity index is 1110. The summed E-state index contributed by atoms with van der Waals surface area (Å²) in [5.74, 6) is 1.41. The summed E-state index contributed by atoms with van der Waals surface area (Å²) in [6.07, 6.45) is 1.79. The number of benzene rings is 1. The number of nitrogens with zero attached hydrogens (tertiary/aromatic N) is 3. The molecule has 0 unspecified atom stereocenters. The van der Waals surface area contributed by atoms with Crippen molar-refractivity contribution in [1.82, 2.24) is 14.7 Å². The molecular weight excluding hydrogens is 390 g/mol. The first-order valence-corrected chi connectivity index (χ1v) is 10.4. The van der Waals surface area contributed by atoms with Crippen molar-refractivity contribution in [3.8, 4) is 22.8 Å². The molecule has 29 heavy (non-hydrogen) atoms. The maximum absolute atomic E-state index is 12.8. The molecule has 2 aliphatic rings. The number of carbonyl (C=O) groups excluding carboxylic acids is 1. The van der Waals surface area contributed by atoms with Gasteiger partial charge in [0.2, 0.25) is 6.79 Å². The van der Waals surface area contributed by atoms with E-state index in [1.54, 1.807) is 6.07 Å². The summed E-state index contributed by atoms with van der Waals surface area (Å²) in [5.41, 5.74) is 1.35. The SMILES string of the molecule is O=C(c1cccs1)N1CCC[C@H]1Cn1nc(-c2ccc3c(c2)OCO3)ccc1=O. The Hall–Kier alpha value is -3.13. The minimum absolute atomic E-state index is 0.0301. The number of thiophene rings is 1. The number of fused-ring (bicyclic) bond motifs is 1. The van der Waals surface area contributed by atoms with Crippen LogP contribution in [0.4, 0.5) is 0 Å². The molecule has 8 heteroatoms. The van der Waals surface area contributed by atoms with Crippen LogP contribution in [0.15, 0.2) is 52.6 Å². The maximum Gasteiger partial charge on any atom is 0.266 e. The number of rotatable bonds is 4. The molecule has 0 radical (unpaired) electrons. The zero-order valence-corrected chi connectivity index (χ0v) is 16.4. The first-order valence-electron chi connectivity index (χ1n) is 9.52. The minimum atomic E-state index is -0.176. The zero-order valence-electron chi connectivity index (χ0n) is 15.6. The maximum atomic E-state index is 12.8. The molecule has 148 valence electrons. The molecule has 0 spiro atoms. The van der Waals surface area contributed by atoms with Gasteiger partial charge in [-0.2, -0.15) is 5.10 Å². The quantitative estimate of drug-likeness (QED) is 0.662. The molecule has 2 aromatic heterocycles. The summed E-state index contributed by atoms with van der Waals surface area (Å²) >= 11 is 1.44. The van der Waals surface area contributed by atoms with Gasteiger partial charge in [-0.15, -0.1) is 11.3 Å². The molecule has 1 saturated heterocycles. The number of hydrogen-bond acceptors (Lipinski definition) is 6. The highest BCUT2D eigenvalue weighted by Gasteiger charge is 2.30. The van der Waals surface area contributed by atoms with Gasteiger partial charge in [-0.1, -0.05) is 6.07 Å². The van der Waals surface area contributed by atoms with Gasteiger partial charge in [0.25, 0.3) is 11.5 Å². The Morgan fingerprint density at radius 1 is 1.17 bits per heavy atom. The highest BCUT2D eigenvalue weighted by atomic mass is 32.1. The van der Waals surface area contributed by atoms with Crippen LogP contribution in [0.25, 0.3) is 11.3 Å². The minimum Gasteiger partial charge on any atom is -0.454 e. The Morgan fingerprint density at radius 2 is 2.07 bits per heavy atom. The Morgan fingerprint density at radius 3 is 2.93 bits per heavy atom. The standard InChI is InChI=1S/C21H19N3O4S/c25-20-8-6-16(14-5-7-17-18(11-14)28-13-27-17)22-24(20)12-15-3-1-9-23(15)21(26)19-4-2-10-29-19/h2,4-8,10-11,15H,1,3,9,12-13H2/t15-/m0/s1. The molecule has 1 amide bonds. The Labute approximate surface area is 171 Å². The van der Waals surface area contributed by atoms with Gasteiger partial charge in [-0.05, 0) is 48.6 Å². The second kappa shape index (κ2) is 7.36. The van der Waals surface area contributed by atoms with Crippen LogP contribution in [-0.4, -0.2) is 40.0 Å². The normalized spacial score (nSPS) is 17.7. The van der Waals surface area contributed by atoms with E-state index < -0.39 is 0 Å². The molecule has 0 bridgehead atoms. The van der Waals surface area contributed by atoms with Gasteiger partial charge in [-0.3, -0.25) is 9.59 Å². The average molecular weight is 409 g/mol. The van der Waals surface area contributed by atoms with E-state index in [9.17, 15) is 9.59 Å². The lowest BCUT2D eigenvalue weighted by Gasteiger charge is -2.24. The van der Waals surface area contributed by atoms with E-state index in [0.717, 1.165) is 23.3 Å². The van der Waals surface area contributed by atoms with Crippen LogP contribution in [0.3, 0.4) is 0 Å². The van der Waals surface area contributed by atoms with Gasteiger partial charge in [0.05, 0.1) is 23.2 Å². The van der Waals surface area contributed by atoms with Crippen molar-refractivity contribution in [2.75, 3.05) is 13.3 Å². The van der Waals surface area contributed by atoms with Crippen LogP contribution in [-0.2, 0) is 6.54 Å². The van der Waals surface area contributed by atoms with E-state index in [1.807, 2.05) is 40.6 Å². The third-order valence-corrected chi connectivity index (χ3v) is 6.15. The molecule has 7 nitrogen and oxygen atoms in total. The fourth-order valence-electron chi connectivity index (χ4n) is 3.82. The summed E-state index contributed by atoms with van der Waals surface area (Å²) in [7, 11) is 0. The second-order valence-electron chi connectivity index (χ2n) is 7.08. The van der Waals surface area contributed by atoms with E-state index in [2.05, 4.69) is 5.10 Å². The molecule has 1 fully saturated rings. The first kappa shape index (κ1) is 17.9. The third-order valence-electron chi connectivity index (χ3n) is 5.29. The molecule has 0 N–H and O–H groups in total. The lowest BCUT2D eigenvalue weighted by Crippen LogP contribution is -2.40. The largest absolute Gasteiger partial charge is 0.454 e. The van der Waals surface area contributed by atoms with E-state index in [1.165, 1.54) is 22.1 Å². The highest BCUT2D eigenvalue weighted by molar-refractivity contribution is 7.12. The van der Waals surface area contributed by atoms with Gasteiger partial charge in [-0.25, -0.2) is 4.68 Å². The fourth-order valence-corrected chi connectivity index (χ4v) is 4.50. The number of amides is 1. The van der Waals surface area contributed by atoms with Crippen LogP contribution >= 0.6 is 11.3 Å². The van der Waals surface area contributed by atoms with Gasteiger partial charge in [0, 0.05) is 18.2 Å². The lowest BCUT2D eigenvalue weighted by molar-refractivity contribution is 0.0725. The summed E-state index contributed by atoms with van der Waals surface area (Å²) in [4.78, 5) is 27.8. The molecular formula is C21H19N3O4S.